The van der Waals surface area contributed by atoms with Gasteiger partial charge in [-0.1, -0.05) is 36.9 Å². The number of imidazole rings is 1. The number of anilines is 1. The first kappa shape index (κ1) is 18.9. The average Bonchev–Trinajstić information content (AvgIpc) is 3.15. The van der Waals surface area contributed by atoms with E-state index in [-0.39, 0.29) is 6.03 Å². The number of carbonyl (C=O) groups excluding carboxylic acids is 1. The highest BCUT2D eigenvalue weighted by Crippen LogP contribution is 2.21. The lowest BCUT2D eigenvalue weighted by Crippen LogP contribution is -2.30. The topological polar surface area (TPSA) is 58.4 Å². The zero-order valence-electron chi connectivity index (χ0n) is 14.8. The van der Waals surface area contributed by atoms with Crippen LogP contribution in [0.3, 0.4) is 0 Å². The van der Waals surface area contributed by atoms with Crippen molar-refractivity contribution < 1.29 is 4.79 Å². The molecule has 0 aliphatic heterocycles. The van der Waals surface area contributed by atoms with Gasteiger partial charge in [0.15, 0.2) is 4.96 Å². The first-order valence-electron chi connectivity index (χ1n) is 8.22. The Labute approximate surface area is 166 Å². The summed E-state index contributed by atoms with van der Waals surface area (Å²) in [6.07, 6.45) is 7.53. The van der Waals surface area contributed by atoms with E-state index >= 15 is 0 Å². The maximum atomic E-state index is 12.1. The number of aryl methyl sites for hydroxylation is 1. The number of carbonyl (C=O) groups is 1. The van der Waals surface area contributed by atoms with Crippen molar-refractivity contribution in [1.29, 1.82) is 0 Å². The minimum Gasteiger partial charge on any atom is -0.334 e. The van der Waals surface area contributed by atoms with Gasteiger partial charge in [-0.2, -0.15) is 0 Å². The van der Waals surface area contributed by atoms with E-state index in [0.29, 0.717) is 17.3 Å². The van der Waals surface area contributed by atoms with Crippen LogP contribution in [0.4, 0.5) is 10.5 Å². The lowest BCUT2D eigenvalue weighted by atomic mass is 10.1. The van der Waals surface area contributed by atoms with Crippen molar-refractivity contribution in [3.63, 3.8) is 0 Å². The van der Waals surface area contributed by atoms with Crippen LogP contribution in [0.25, 0.3) is 10.5 Å². The Morgan fingerprint density at radius 3 is 2.93 bits per heavy atom. The molecule has 0 aliphatic rings. The van der Waals surface area contributed by atoms with Crippen molar-refractivity contribution >= 4 is 45.2 Å². The zero-order chi connectivity index (χ0) is 19.4. The minimum atomic E-state index is -0.325. The molecule has 7 heteroatoms. The molecule has 138 valence electrons. The summed E-state index contributed by atoms with van der Waals surface area (Å²) in [6.45, 7) is 10.2. The Hall–Kier alpha value is -2.83. The van der Waals surface area contributed by atoms with Gasteiger partial charge >= 0.3 is 6.03 Å². The predicted octanol–water partition coefficient (Wildman–Crippen LogP) is 5.30. The predicted molar refractivity (Wildman–Crippen MR) is 114 cm³/mol. The molecule has 0 unspecified atom stereocenters. The Balaban J connectivity index is 1.61. The molecule has 0 spiro atoms. The number of nitrogens with one attached hydrogen (secondary N) is 2. The highest BCUT2D eigenvalue weighted by Gasteiger charge is 2.08. The van der Waals surface area contributed by atoms with Crippen LogP contribution < -0.4 is 10.6 Å². The number of halogens is 1. The normalized spacial score (nSPS) is 11.4. The maximum absolute atomic E-state index is 12.1. The summed E-state index contributed by atoms with van der Waals surface area (Å²) >= 11 is 7.54. The molecule has 0 aliphatic carbocycles. The molecule has 0 atom stereocenters. The molecule has 0 saturated heterocycles. The number of fused-ring (bicyclic) bond motifs is 1. The van der Waals surface area contributed by atoms with Crippen LogP contribution in [0.2, 0.25) is 5.02 Å². The molecule has 2 N–H and O–H groups in total. The van der Waals surface area contributed by atoms with Crippen LogP contribution in [-0.2, 0) is 0 Å². The standard InChI is InChI=1S/C20H19ClN4OS/c1-4-15(10-22-19(26)23-17-7-5-6-16(21)9-17)8-13(2)18-12-25-11-14(3)27-20(25)24-18/h4-9,11-12H,1-2,10H2,3H3,(H2,22,23,26)/b15-8+. The quantitative estimate of drug-likeness (QED) is 0.553. The highest BCUT2D eigenvalue weighted by atomic mass is 35.5. The first-order chi connectivity index (χ1) is 12.9. The monoisotopic (exact) mass is 398 g/mol. The third-order valence-electron chi connectivity index (χ3n) is 3.76. The number of benzene rings is 1. The summed E-state index contributed by atoms with van der Waals surface area (Å²) in [5.41, 5.74) is 3.01. The van der Waals surface area contributed by atoms with Gasteiger partial charge in [0, 0.05) is 34.5 Å². The molecule has 0 saturated carbocycles. The third-order valence-corrected chi connectivity index (χ3v) is 4.91. The van der Waals surface area contributed by atoms with Crippen LogP contribution in [0.5, 0.6) is 0 Å². The van der Waals surface area contributed by atoms with E-state index in [0.717, 1.165) is 21.8 Å². The summed E-state index contributed by atoms with van der Waals surface area (Å²) in [7, 11) is 0. The van der Waals surface area contributed by atoms with Gasteiger partial charge in [0.25, 0.3) is 0 Å². The SMILES string of the molecule is C=C/C(=C\C(=C)c1cn2cc(C)sc2n1)CNC(=O)Nc1cccc(Cl)c1. The summed E-state index contributed by atoms with van der Waals surface area (Å²) in [4.78, 5) is 18.7. The van der Waals surface area contributed by atoms with Gasteiger partial charge in [-0.3, -0.25) is 4.40 Å². The van der Waals surface area contributed by atoms with Crippen molar-refractivity contribution in [1.82, 2.24) is 14.7 Å². The van der Waals surface area contributed by atoms with E-state index in [4.69, 9.17) is 11.6 Å². The second kappa shape index (κ2) is 8.24. The summed E-state index contributed by atoms with van der Waals surface area (Å²) in [5, 5.41) is 6.09. The van der Waals surface area contributed by atoms with E-state index in [2.05, 4.69) is 28.8 Å². The van der Waals surface area contributed by atoms with Gasteiger partial charge in [0.1, 0.15) is 0 Å². The number of allylic oxidation sites excluding steroid dienone is 2. The number of thiazole rings is 1. The molecule has 0 bridgehead atoms. The highest BCUT2D eigenvalue weighted by molar-refractivity contribution is 7.16. The van der Waals surface area contributed by atoms with E-state index in [1.165, 1.54) is 4.88 Å². The molecule has 3 rings (SSSR count). The fraction of sp³-hybridized carbons (Fsp3) is 0.100. The van der Waals surface area contributed by atoms with Crippen molar-refractivity contribution in [3.8, 4) is 0 Å². The van der Waals surface area contributed by atoms with E-state index in [9.17, 15) is 4.79 Å². The van der Waals surface area contributed by atoms with E-state index in [1.54, 1.807) is 41.7 Å². The van der Waals surface area contributed by atoms with Gasteiger partial charge in [-0.15, -0.1) is 11.3 Å². The van der Waals surface area contributed by atoms with Crippen LogP contribution in [0.1, 0.15) is 10.6 Å². The molecule has 2 aromatic heterocycles. The van der Waals surface area contributed by atoms with E-state index in [1.807, 2.05) is 29.8 Å². The van der Waals surface area contributed by atoms with Crippen LogP contribution >= 0.6 is 22.9 Å². The Kier molecular flexibility index (Phi) is 5.78. The molecule has 0 radical (unpaired) electrons. The van der Waals surface area contributed by atoms with Crippen LogP contribution in [-0.4, -0.2) is 22.0 Å². The van der Waals surface area contributed by atoms with Crippen molar-refractivity contribution in [2.75, 3.05) is 11.9 Å². The summed E-state index contributed by atoms with van der Waals surface area (Å²) < 4.78 is 1.98. The number of aromatic nitrogens is 2. The first-order valence-corrected chi connectivity index (χ1v) is 9.42. The number of hydrogen-bond acceptors (Lipinski definition) is 3. The number of rotatable bonds is 6. The van der Waals surface area contributed by atoms with Crippen LogP contribution in [0, 0.1) is 6.92 Å². The molecular formula is C20H19ClN4OS. The van der Waals surface area contributed by atoms with Crippen molar-refractivity contribution in [2.24, 2.45) is 0 Å². The summed E-state index contributed by atoms with van der Waals surface area (Å²) in [6, 6.07) is 6.64. The molecule has 2 heterocycles. The number of amides is 2. The molecule has 0 fully saturated rings. The van der Waals surface area contributed by atoms with E-state index < -0.39 is 0 Å². The number of urea groups is 1. The van der Waals surface area contributed by atoms with Gasteiger partial charge in [-0.05, 0) is 42.3 Å². The molecule has 5 nitrogen and oxygen atoms in total. The molecule has 3 aromatic rings. The molecule has 1 aromatic carbocycles. The Bertz CT molecular complexity index is 1020. The largest absolute Gasteiger partial charge is 0.334 e. The molecule has 2 amide bonds. The fourth-order valence-corrected chi connectivity index (χ4v) is 3.47. The lowest BCUT2D eigenvalue weighted by molar-refractivity contribution is 0.253. The molecular weight excluding hydrogens is 380 g/mol. The fourth-order valence-electron chi connectivity index (χ4n) is 2.47. The summed E-state index contributed by atoms with van der Waals surface area (Å²) in [5.74, 6) is 0. The van der Waals surface area contributed by atoms with Gasteiger partial charge in [0.2, 0.25) is 0 Å². The minimum absolute atomic E-state index is 0.316. The second-order valence-corrected chi connectivity index (χ2v) is 7.57. The van der Waals surface area contributed by atoms with Crippen LogP contribution in [0.15, 0.2) is 67.5 Å². The Morgan fingerprint density at radius 2 is 2.22 bits per heavy atom. The maximum Gasteiger partial charge on any atom is 0.319 e. The lowest BCUT2D eigenvalue weighted by Gasteiger charge is -2.09. The third kappa shape index (κ3) is 4.87. The van der Waals surface area contributed by atoms with Gasteiger partial charge < -0.3 is 10.6 Å². The zero-order valence-corrected chi connectivity index (χ0v) is 16.4. The van der Waals surface area contributed by atoms with Gasteiger partial charge in [0.05, 0.1) is 5.69 Å². The average molecular weight is 399 g/mol. The smallest absolute Gasteiger partial charge is 0.319 e. The Morgan fingerprint density at radius 1 is 1.41 bits per heavy atom. The molecule has 27 heavy (non-hydrogen) atoms. The number of nitrogens with zero attached hydrogens (tertiary/aromatic N) is 2. The second-order valence-electron chi connectivity index (χ2n) is 5.92. The van der Waals surface area contributed by atoms with Crippen molar-refractivity contribution in [3.05, 3.63) is 83.1 Å². The number of hydrogen-bond donors (Lipinski definition) is 2. The van der Waals surface area contributed by atoms with Gasteiger partial charge in [-0.25, -0.2) is 9.78 Å². The van der Waals surface area contributed by atoms with Crippen molar-refractivity contribution in [2.45, 2.75) is 6.92 Å².